The Kier molecular flexibility index (Phi) is 1.77. The van der Waals surface area contributed by atoms with Crippen molar-refractivity contribution < 1.29 is 9.90 Å². The second-order valence-corrected chi connectivity index (χ2v) is 3.26. The molecule has 4 heteroatoms. The van der Waals surface area contributed by atoms with Crippen molar-refractivity contribution >= 4 is 5.97 Å². The molecule has 0 aromatic carbocycles. The molecule has 0 fully saturated rings. The van der Waals surface area contributed by atoms with Crippen LogP contribution in [0, 0.1) is 0 Å². The third kappa shape index (κ3) is 1.29. The summed E-state index contributed by atoms with van der Waals surface area (Å²) in [5.74, 6) is -0.867. The number of carbonyl (C=O) groups is 1. The van der Waals surface area contributed by atoms with Gasteiger partial charge in [-0.15, -0.1) is 0 Å². The largest absolute Gasteiger partial charge is 0.478 e. The molecule has 1 aliphatic heterocycles. The van der Waals surface area contributed by atoms with Gasteiger partial charge in [-0.3, -0.25) is 9.88 Å². The van der Waals surface area contributed by atoms with Crippen LogP contribution in [-0.2, 0) is 13.1 Å². The van der Waals surface area contributed by atoms with Gasteiger partial charge in [0.05, 0.1) is 11.3 Å². The number of hydrogen-bond donors (Lipinski definition) is 1. The van der Waals surface area contributed by atoms with E-state index in [4.69, 9.17) is 5.11 Å². The van der Waals surface area contributed by atoms with Crippen LogP contribution in [-0.4, -0.2) is 28.0 Å². The van der Waals surface area contributed by atoms with E-state index in [-0.39, 0.29) is 0 Å². The summed E-state index contributed by atoms with van der Waals surface area (Å²) in [4.78, 5) is 17.0. The number of nitrogens with zero attached hydrogens (tertiary/aromatic N) is 2. The van der Waals surface area contributed by atoms with Crippen molar-refractivity contribution in [2.75, 3.05) is 7.05 Å². The van der Waals surface area contributed by atoms with E-state index >= 15 is 0 Å². The molecule has 68 valence electrons. The average molecular weight is 178 g/mol. The zero-order valence-electron chi connectivity index (χ0n) is 7.32. The summed E-state index contributed by atoms with van der Waals surface area (Å²) in [6.07, 6.45) is 1.56. The maximum absolute atomic E-state index is 10.8. The van der Waals surface area contributed by atoms with Gasteiger partial charge in [-0.2, -0.15) is 0 Å². The first-order valence-corrected chi connectivity index (χ1v) is 4.07. The molecule has 2 rings (SSSR count). The lowest BCUT2D eigenvalue weighted by molar-refractivity contribution is 0.0695. The topological polar surface area (TPSA) is 53.4 Å². The van der Waals surface area contributed by atoms with Gasteiger partial charge in [0.15, 0.2) is 0 Å². The highest BCUT2D eigenvalue weighted by Gasteiger charge is 2.22. The molecule has 0 amide bonds. The number of aromatic nitrogens is 1. The van der Waals surface area contributed by atoms with Crippen LogP contribution in [0.25, 0.3) is 0 Å². The summed E-state index contributed by atoms with van der Waals surface area (Å²) < 4.78 is 0. The molecular weight excluding hydrogens is 168 g/mol. The monoisotopic (exact) mass is 178 g/mol. The smallest absolute Gasteiger partial charge is 0.336 e. The van der Waals surface area contributed by atoms with E-state index in [1.807, 2.05) is 11.9 Å². The maximum Gasteiger partial charge on any atom is 0.336 e. The Labute approximate surface area is 75.8 Å². The zero-order chi connectivity index (χ0) is 9.42. The highest BCUT2D eigenvalue weighted by atomic mass is 16.4. The van der Waals surface area contributed by atoms with Gasteiger partial charge in [-0.1, -0.05) is 0 Å². The fourth-order valence-electron chi connectivity index (χ4n) is 1.63. The van der Waals surface area contributed by atoms with Gasteiger partial charge in [0.1, 0.15) is 0 Å². The molecule has 1 aromatic rings. The van der Waals surface area contributed by atoms with Crippen LogP contribution in [0.3, 0.4) is 0 Å². The second kappa shape index (κ2) is 2.81. The molecule has 0 radical (unpaired) electrons. The first-order chi connectivity index (χ1) is 6.18. The molecule has 1 N–H and O–H groups in total. The molecular formula is C9H10N2O2. The molecule has 2 heterocycles. The van der Waals surface area contributed by atoms with Crippen LogP contribution in [0.2, 0.25) is 0 Å². The summed E-state index contributed by atoms with van der Waals surface area (Å²) in [7, 11) is 1.95. The van der Waals surface area contributed by atoms with Crippen molar-refractivity contribution in [3.05, 3.63) is 29.1 Å². The van der Waals surface area contributed by atoms with Gasteiger partial charge in [-0.25, -0.2) is 4.79 Å². The van der Waals surface area contributed by atoms with Crippen LogP contribution in [0.5, 0.6) is 0 Å². The van der Waals surface area contributed by atoms with Crippen LogP contribution < -0.4 is 0 Å². The van der Waals surface area contributed by atoms with E-state index in [2.05, 4.69) is 4.98 Å². The Morgan fingerprint density at radius 1 is 1.62 bits per heavy atom. The molecule has 4 nitrogen and oxygen atoms in total. The summed E-state index contributed by atoms with van der Waals surface area (Å²) in [5.41, 5.74) is 2.13. The van der Waals surface area contributed by atoms with Gasteiger partial charge in [-0.05, 0) is 13.1 Å². The van der Waals surface area contributed by atoms with Crippen LogP contribution in [0.1, 0.15) is 21.6 Å². The quantitative estimate of drug-likeness (QED) is 0.688. The summed E-state index contributed by atoms with van der Waals surface area (Å²) in [5, 5.41) is 8.89. The fraction of sp³-hybridized carbons (Fsp3) is 0.333. The molecule has 0 saturated heterocycles. The molecule has 0 aliphatic carbocycles. The predicted molar refractivity (Wildman–Crippen MR) is 46.4 cm³/mol. The Bertz CT molecular complexity index is 363. The summed E-state index contributed by atoms with van der Waals surface area (Å²) in [6.45, 7) is 1.43. The fourth-order valence-corrected chi connectivity index (χ4v) is 1.63. The molecule has 0 spiro atoms. The SMILES string of the molecule is CN1Cc2nccc(C(=O)O)c2C1. The standard InChI is InChI=1S/C9H10N2O2/c1-11-4-7-6(9(12)13)2-3-10-8(7)5-11/h2-3H,4-5H2,1H3,(H,12,13). The number of fused-ring (bicyclic) bond motifs is 1. The first kappa shape index (κ1) is 8.19. The molecule has 13 heavy (non-hydrogen) atoms. The number of rotatable bonds is 1. The zero-order valence-corrected chi connectivity index (χ0v) is 7.32. The molecule has 1 aromatic heterocycles. The van der Waals surface area contributed by atoms with Gasteiger partial charge in [0.2, 0.25) is 0 Å². The lowest BCUT2D eigenvalue weighted by Crippen LogP contribution is -2.08. The number of carboxylic acids is 1. The second-order valence-electron chi connectivity index (χ2n) is 3.26. The average Bonchev–Trinajstić information content (AvgIpc) is 2.43. The van der Waals surface area contributed by atoms with Crippen molar-refractivity contribution in [2.24, 2.45) is 0 Å². The van der Waals surface area contributed by atoms with Crippen LogP contribution in [0.15, 0.2) is 12.3 Å². The Morgan fingerprint density at radius 2 is 2.38 bits per heavy atom. The van der Waals surface area contributed by atoms with E-state index < -0.39 is 5.97 Å². The van der Waals surface area contributed by atoms with E-state index in [1.54, 1.807) is 12.3 Å². The van der Waals surface area contributed by atoms with Crippen LogP contribution in [0.4, 0.5) is 0 Å². The lowest BCUT2D eigenvalue weighted by atomic mass is 10.1. The van der Waals surface area contributed by atoms with Crippen LogP contribution >= 0.6 is 0 Å². The van der Waals surface area contributed by atoms with Gasteiger partial charge in [0.25, 0.3) is 0 Å². The van der Waals surface area contributed by atoms with Gasteiger partial charge < -0.3 is 5.11 Å². The molecule has 0 bridgehead atoms. The summed E-state index contributed by atoms with van der Waals surface area (Å²) in [6, 6.07) is 1.56. The molecule has 1 aliphatic rings. The Morgan fingerprint density at radius 3 is 3.08 bits per heavy atom. The number of hydrogen-bond acceptors (Lipinski definition) is 3. The third-order valence-electron chi connectivity index (χ3n) is 2.22. The normalized spacial score (nSPS) is 15.8. The van der Waals surface area contributed by atoms with E-state index in [9.17, 15) is 4.79 Å². The minimum absolute atomic E-state index is 0.384. The molecule has 0 unspecified atom stereocenters. The Balaban J connectivity index is 2.51. The number of carboxylic acid groups (broad SMARTS) is 1. The van der Waals surface area contributed by atoms with Crippen molar-refractivity contribution in [3.8, 4) is 0 Å². The summed E-state index contributed by atoms with van der Waals surface area (Å²) >= 11 is 0. The van der Waals surface area contributed by atoms with Gasteiger partial charge in [0, 0.05) is 24.8 Å². The predicted octanol–water partition coefficient (Wildman–Crippen LogP) is 0.725. The van der Waals surface area contributed by atoms with E-state index in [0.717, 1.165) is 17.8 Å². The molecule has 0 atom stereocenters. The lowest BCUT2D eigenvalue weighted by Gasteiger charge is -2.03. The van der Waals surface area contributed by atoms with Crippen molar-refractivity contribution in [2.45, 2.75) is 13.1 Å². The maximum atomic E-state index is 10.8. The molecule has 0 saturated carbocycles. The van der Waals surface area contributed by atoms with Crippen molar-refractivity contribution in [1.82, 2.24) is 9.88 Å². The number of aromatic carboxylic acids is 1. The Hall–Kier alpha value is -1.42. The van der Waals surface area contributed by atoms with Crippen molar-refractivity contribution in [1.29, 1.82) is 0 Å². The van der Waals surface area contributed by atoms with Crippen molar-refractivity contribution in [3.63, 3.8) is 0 Å². The van der Waals surface area contributed by atoms with E-state index in [0.29, 0.717) is 12.1 Å². The minimum Gasteiger partial charge on any atom is -0.478 e. The van der Waals surface area contributed by atoms with E-state index in [1.165, 1.54) is 0 Å². The van der Waals surface area contributed by atoms with Gasteiger partial charge >= 0.3 is 5.97 Å². The highest BCUT2D eigenvalue weighted by Crippen LogP contribution is 2.22. The number of pyridine rings is 1. The minimum atomic E-state index is -0.867. The third-order valence-corrected chi connectivity index (χ3v) is 2.22. The highest BCUT2D eigenvalue weighted by molar-refractivity contribution is 5.89. The first-order valence-electron chi connectivity index (χ1n) is 4.07.